The Morgan fingerprint density at radius 1 is 1.64 bits per heavy atom. The van der Waals surface area contributed by atoms with Crippen LogP contribution in [0.25, 0.3) is 0 Å². The molecule has 1 aliphatic heterocycles. The van der Waals surface area contributed by atoms with E-state index in [0.717, 1.165) is 13.0 Å². The highest BCUT2D eigenvalue weighted by Gasteiger charge is 2.21. The third-order valence-corrected chi connectivity index (χ3v) is 2.13. The standard InChI is InChI=1S/C9H17NO/c1-9(2,11-3)7-8-5-4-6-10-8/h4-5,8,10H,6-7H2,1-3H3. The maximum absolute atomic E-state index is 5.33. The van der Waals surface area contributed by atoms with Gasteiger partial charge in [0.05, 0.1) is 5.60 Å². The van der Waals surface area contributed by atoms with Crippen LogP contribution in [0.3, 0.4) is 0 Å². The first kappa shape index (κ1) is 8.75. The summed E-state index contributed by atoms with van der Waals surface area (Å²) in [7, 11) is 1.76. The van der Waals surface area contributed by atoms with Gasteiger partial charge in [0, 0.05) is 19.7 Å². The zero-order valence-electron chi connectivity index (χ0n) is 7.55. The molecule has 2 heteroatoms. The van der Waals surface area contributed by atoms with Crippen molar-refractivity contribution >= 4 is 0 Å². The SMILES string of the molecule is COC(C)(C)CC1C=CCN1. The van der Waals surface area contributed by atoms with Crippen molar-refractivity contribution in [3.63, 3.8) is 0 Å². The lowest BCUT2D eigenvalue weighted by molar-refractivity contribution is 0.0115. The summed E-state index contributed by atoms with van der Waals surface area (Å²) in [6.07, 6.45) is 5.41. The zero-order valence-corrected chi connectivity index (χ0v) is 7.55. The Kier molecular flexibility index (Phi) is 2.68. The molecular formula is C9H17NO. The van der Waals surface area contributed by atoms with Crippen molar-refractivity contribution in [1.29, 1.82) is 0 Å². The molecule has 64 valence electrons. The van der Waals surface area contributed by atoms with Crippen LogP contribution in [-0.4, -0.2) is 25.3 Å². The number of hydrogen-bond acceptors (Lipinski definition) is 2. The summed E-state index contributed by atoms with van der Waals surface area (Å²) in [6.45, 7) is 5.23. The van der Waals surface area contributed by atoms with Gasteiger partial charge < -0.3 is 10.1 Å². The number of rotatable bonds is 3. The molecule has 0 amide bonds. The van der Waals surface area contributed by atoms with Crippen LogP contribution in [0, 0.1) is 0 Å². The lowest BCUT2D eigenvalue weighted by Crippen LogP contribution is -2.33. The second kappa shape index (κ2) is 3.37. The highest BCUT2D eigenvalue weighted by molar-refractivity contribution is 5.03. The maximum atomic E-state index is 5.33. The van der Waals surface area contributed by atoms with Crippen molar-refractivity contribution in [3.05, 3.63) is 12.2 Å². The summed E-state index contributed by atoms with van der Waals surface area (Å²) >= 11 is 0. The zero-order chi connectivity index (χ0) is 8.32. The molecule has 1 rings (SSSR count). The third-order valence-electron chi connectivity index (χ3n) is 2.13. The summed E-state index contributed by atoms with van der Waals surface area (Å²) < 4.78 is 5.33. The Morgan fingerprint density at radius 3 is 2.82 bits per heavy atom. The van der Waals surface area contributed by atoms with E-state index in [1.807, 2.05) is 0 Å². The summed E-state index contributed by atoms with van der Waals surface area (Å²) in [5, 5.41) is 3.36. The molecule has 0 aliphatic carbocycles. The predicted octanol–water partition coefficient (Wildman–Crippen LogP) is 1.33. The summed E-state index contributed by atoms with van der Waals surface area (Å²) in [5.41, 5.74) is -0.00759. The molecule has 0 saturated heterocycles. The molecule has 1 atom stereocenters. The summed E-state index contributed by atoms with van der Waals surface area (Å²) in [4.78, 5) is 0. The fraction of sp³-hybridized carbons (Fsp3) is 0.778. The normalized spacial score (nSPS) is 24.5. The Bertz CT molecular complexity index is 152. The van der Waals surface area contributed by atoms with E-state index in [2.05, 4.69) is 31.3 Å². The largest absolute Gasteiger partial charge is 0.379 e. The monoisotopic (exact) mass is 155 g/mol. The third kappa shape index (κ3) is 2.64. The fourth-order valence-corrected chi connectivity index (χ4v) is 1.27. The van der Waals surface area contributed by atoms with Crippen LogP contribution < -0.4 is 5.32 Å². The van der Waals surface area contributed by atoms with E-state index in [1.165, 1.54) is 0 Å². The van der Waals surface area contributed by atoms with Crippen LogP contribution >= 0.6 is 0 Å². The molecule has 0 aromatic carbocycles. The minimum atomic E-state index is -0.00759. The van der Waals surface area contributed by atoms with E-state index >= 15 is 0 Å². The van der Waals surface area contributed by atoms with Gasteiger partial charge in [0.15, 0.2) is 0 Å². The van der Waals surface area contributed by atoms with Gasteiger partial charge >= 0.3 is 0 Å². The van der Waals surface area contributed by atoms with E-state index in [9.17, 15) is 0 Å². The van der Waals surface area contributed by atoms with Crippen molar-refractivity contribution < 1.29 is 4.74 Å². The lowest BCUT2D eigenvalue weighted by Gasteiger charge is -2.25. The van der Waals surface area contributed by atoms with E-state index in [-0.39, 0.29) is 5.60 Å². The number of methoxy groups -OCH3 is 1. The van der Waals surface area contributed by atoms with Crippen LogP contribution in [0.1, 0.15) is 20.3 Å². The van der Waals surface area contributed by atoms with Crippen molar-refractivity contribution in [2.24, 2.45) is 0 Å². The first-order valence-electron chi connectivity index (χ1n) is 4.09. The molecule has 2 nitrogen and oxygen atoms in total. The summed E-state index contributed by atoms with van der Waals surface area (Å²) in [5.74, 6) is 0. The second-order valence-corrected chi connectivity index (χ2v) is 3.61. The van der Waals surface area contributed by atoms with Crippen molar-refractivity contribution in [2.75, 3.05) is 13.7 Å². The number of nitrogens with one attached hydrogen (secondary N) is 1. The molecule has 0 radical (unpaired) electrons. The molecule has 0 spiro atoms. The average molecular weight is 155 g/mol. The molecule has 0 saturated carbocycles. The van der Waals surface area contributed by atoms with Gasteiger partial charge in [0.1, 0.15) is 0 Å². The second-order valence-electron chi connectivity index (χ2n) is 3.61. The van der Waals surface area contributed by atoms with Gasteiger partial charge in [-0.05, 0) is 20.3 Å². The highest BCUT2D eigenvalue weighted by atomic mass is 16.5. The van der Waals surface area contributed by atoms with Gasteiger partial charge in [-0.3, -0.25) is 0 Å². The van der Waals surface area contributed by atoms with Gasteiger partial charge in [-0.15, -0.1) is 0 Å². The van der Waals surface area contributed by atoms with Crippen molar-refractivity contribution in [3.8, 4) is 0 Å². The minimum absolute atomic E-state index is 0.00759. The van der Waals surface area contributed by atoms with Crippen LogP contribution in [-0.2, 0) is 4.74 Å². The molecule has 0 fully saturated rings. The van der Waals surface area contributed by atoms with Crippen LogP contribution in [0.5, 0.6) is 0 Å². The molecule has 11 heavy (non-hydrogen) atoms. The van der Waals surface area contributed by atoms with Gasteiger partial charge in [-0.1, -0.05) is 12.2 Å². The Labute approximate surface area is 68.6 Å². The van der Waals surface area contributed by atoms with Gasteiger partial charge in [-0.2, -0.15) is 0 Å². The van der Waals surface area contributed by atoms with Gasteiger partial charge in [0.2, 0.25) is 0 Å². The molecule has 0 aromatic rings. The van der Waals surface area contributed by atoms with Crippen LogP contribution in [0.4, 0.5) is 0 Å². The molecule has 1 unspecified atom stereocenters. The maximum Gasteiger partial charge on any atom is 0.0640 e. The quantitative estimate of drug-likeness (QED) is 0.621. The average Bonchev–Trinajstić information content (AvgIpc) is 2.39. The molecule has 0 bridgehead atoms. The first-order chi connectivity index (χ1) is 5.14. The van der Waals surface area contributed by atoms with Crippen LogP contribution in [0.15, 0.2) is 12.2 Å². The van der Waals surface area contributed by atoms with E-state index in [1.54, 1.807) is 7.11 Å². The van der Waals surface area contributed by atoms with Crippen molar-refractivity contribution in [1.82, 2.24) is 5.32 Å². The fourth-order valence-electron chi connectivity index (χ4n) is 1.27. The van der Waals surface area contributed by atoms with Gasteiger partial charge in [0.25, 0.3) is 0 Å². The lowest BCUT2D eigenvalue weighted by atomic mass is 9.99. The summed E-state index contributed by atoms with van der Waals surface area (Å²) in [6, 6.07) is 0.505. The number of hydrogen-bond donors (Lipinski definition) is 1. The Hall–Kier alpha value is -0.340. The molecule has 1 aliphatic rings. The predicted molar refractivity (Wildman–Crippen MR) is 46.6 cm³/mol. The first-order valence-corrected chi connectivity index (χ1v) is 4.09. The van der Waals surface area contributed by atoms with E-state index in [4.69, 9.17) is 4.74 Å². The highest BCUT2D eigenvalue weighted by Crippen LogP contribution is 2.17. The molecule has 1 heterocycles. The van der Waals surface area contributed by atoms with Gasteiger partial charge in [-0.25, -0.2) is 0 Å². The molecule has 1 N–H and O–H groups in total. The number of ether oxygens (including phenoxy) is 1. The Morgan fingerprint density at radius 2 is 2.36 bits per heavy atom. The topological polar surface area (TPSA) is 21.3 Å². The van der Waals surface area contributed by atoms with Crippen LogP contribution in [0.2, 0.25) is 0 Å². The minimum Gasteiger partial charge on any atom is -0.379 e. The molecule has 0 aromatic heterocycles. The molecular weight excluding hydrogens is 138 g/mol. The van der Waals surface area contributed by atoms with E-state index in [0.29, 0.717) is 6.04 Å². The Balaban J connectivity index is 2.34. The smallest absolute Gasteiger partial charge is 0.0640 e. The van der Waals surface area contributed by atoms with Crippen molar-refractivity contribution in [2.45, 2.75) is 31.9 Å². The van der Waals surface area contributed by atoms with E-state index < -0.39 is 0 Å².